The Hall–Kier alpha value is -2.76. The molecule has 0 radical (unpaired) electrons. The predicted molar refractivity (Wildman–Crippen MR) is 76.5 cm³/mol. The first-order valence-corrected chi connectivity index (χ1v) is 6.26. The molecule has 2 aromatic rings. The number of carbonyl (C=O) groups excluding carboxylic acids is 1. The second-order valence-corrected chi connectivity index (χ2v) is 4.45. The second kappa shape index (κ2) is 6.60. The van der Waals surface area contributed by atoms with Crippen LogP contribution in [0.25, 0.3) is 0 Å². The first-order chi connectivity index (χ1) is 10.0. The number of amides is 1. The maximum absolute atomic E-state index is 13.1. The van der Waals surface area contributed by atoms with Gasteiger partial charge in [-0.1, -0.05) is 0 Å². The fourth-order valence-corrected chi connectivity index (χ4v) is 1.76. The SMILES string of the molecule is NC(=O)COc1ccc(NCc2cc(O)cc(F)c2)cc1. The van der Waals surface area contributed by atoms with E-state index < -0.39 is 11.7 Å². The maximum atomic E-state index is 13.1. The molecule has 0 saturated carbocycles. The minimum atomic E-state index is -0.539. The third-order valence-corrected chi connectivity index (χ3v) is 2.67. The lowest BCUT2D eigenvalue weighted by atomic mass is 10.2. The van der Waals surface area contributed by atoms with Crippen molar-refractivity contribution < 1.29 is 19.0 Å². The van der Waals surface area contributed by atoms with Crippen LogP contribution in [0.1, 0.15) is 5.56 Å². The molecule has 6 heteroatoms. The van der Waals surface area contributed by atoms with Gasteiger partial charge in [-0.15, -0.1) is 0 Å². The largest absolute Gasteiger partial charge is 0.508 e. The summed E-state index contributed by atoms with van der Waals surface area (Å²) in [5.41, 5.74) is 6.40. The average molecular weight is 290 g/mol. The van der Waals surface area contributed by atoms with E-state index in [1.807, 2.05) is 0 Å². The van der Waals surface area contributed by atoms with Crippen LogP contribution in [0.15, 0.2) is 42.5 Å². The van der Waals surface area contributed by atoms with Crippen LogP contribution in [0, 0.1) is 5.82 Å². The van der Waals surface area contributed by atoms with Gasteiger partial charge in [0.1, 0.15) is 17.3 Å². The van der Waals surface area contributed by atoms with Crippen LogP contribution in [-0.4, -0.2) is 17.6 Å². The van der Waals surface area contributed by atoms with Crippen molar-refractivity contribution in [1.29, 1.82) is 0 Å². The number of phenols is 1. The van der Waals surface area contributed by atoms with Gasteiger partial charge in [-0.25, -0.2) is 4.39 Å². The Balaban J connectivity index is 1.92. The molecule has 21 heavy (non-hydrogen) atoms. The van der Waals surface area contributed by atoms with E-state index in [2.05, 4.69) is 5.32 Å². The highest BCUT2D eigenvalue weighted by molar-refractivity contribution is 5.75. The monoisotopic (exact) mass is 290 g/mol. The quantitative estimate of drug-likeness (QED) is 0.759. The number of benzene rings is 2. The van der Waals surface area contributed by atoms with E-state index in [0.717, 1.165) is 11.8 Å². The normalized spacial score (nSPS) is 10.1. The molecule has 0 saturated heterocycles. The lowest BCUT2D eigenvalue weighted by Gasteiger charge is -2.09. The molecule has 0 atom stereocenters. The van der Waals surface area contributed by atoms with Gasteiger partial charge in [-0.05, 0) is 42.0 Å². The summed E-state index contributed by atoms with van der Waals surface area (Å²) in [7, 11) is 0. The minimum absolute atomic E-state index is 0.109. The summed E-state index contributed by atoms with van der Waals surface area (Å²) < 4.78 is 18.2. The molecule has 1 amide bonds. The Morgan fingerprint density at radius 2 is 1.95 bits per heavy atom. The zero-order valence-electron chi connectivity index (χ0n) is 11.2. The molecular weight excluding hydrogens is 275 g/mol. The van der Waals surface area contributed by atoms with Gasteiger partial charge in [0.05, 0.1) is 0 Å². The summed E-state index contributed by atoms with van der Waals surface area (Å²) in [6.07, 6.45) is 0. The lowest BCUT2D eigenvalue weighted by molar-refractivity contribution is -0.119. The number of hydrogen-bond donors (Lipinski definition) is 3. The molecule has 4 N–H and O–H groups in total. The molecule has 2 aromatic carbocycles. The summed E-state index contributed by atoms with van der Waals surface area (Å²) in [6, 6.07) is 10.8. The Kier molecular flexibility index (Phi) is 4.61. The molecule has 0 spiro atoms. The van der Waals surface area contributed by atoms with Crippen molar-refractivity contribution in [2.24, 2.45) is 5.73 Å². The van der Waals surface area contributed by atoms with Gasteiger partial charge in [0.2, 0.25) is 0 Å². The van der Waals surface area contributed by atoms with Crippen molar-refractivity contribution in [3.05, 3.63) is 53.8 Å². The molecule has 110 valence electrons. The van der Waals surface area contributed by atoms with E-state index in [4.69, 9.17) is 10.5 Å². The third kappa shape index (κ3) is 4.68. The van der Waals surface area contributed by atoms with Gasteiger partial charge in [-0.3, -0.25) is 4.79 Å². The Labute approximate surface area is 121 Å². The number of nitrogens with two attached hydrogens (primary N) is 1. The summed E-state index contributed by atoms with van der Waals surface area (Å²) in [5.74, 6) is -0.602. The van der Waals surface area contributed by atoms with Crippen molar-refractivity contribution in [2.75, 3.05) is 11.9 Å². The predicted octanol–water partition coefficient (Wildman–Crippen LogP) is 2.01. The number of hydrogen-bond acceptors (Lipinski definition) is 4. The number of aromatic hydroxyl groups is 1. The maximum Gasteiger partial charge on any atom is 0.255 e. The molecule has 0 heterocycles. The van der Waals surface area contributed by atoms with Crippen LogP contribution < -0.4 is 15.8 Å². The number of rotatable bonds is 6. The highest BCUT2D eigenvalue weighted by Crippen LogP contribution is 2.18. The summed E-state index contributed by atoms with van der Waals surface area (Å²) >= 11 is 0. The van der Waals surface area contributed by atoms with E-state index in [-0.39, 0.29) is 12.4 Å². The number of halogens is 1. The number of carbonyl (C=O) groups is 1. The molecule has 2 rings (SSSR count). The number of ether oxygens (including phenoxy) is 1. The van der Waals surface area contributed by atoms with Gasteiger partial charge in [0.25, 0.3) is 5.91 Å². The van der Waals surface area contributed by atoms with Crippen molar-refractivity contribution in [1.82, 2.24) is 0 Å². The van der Waals surface area contributed by atoms with Gasteiger partial charge < -0.3 is 20.9 Å². The molecule has 0 aliphatic rings. The Bertz CT molecular complexity index is 609. The van der Waals surface area contributed by atoms with Gasteiger partial charge in [0, 0.05) is 18.3 Å². The third-order valence-electron chi connectivity index (χ3n) is 2.67. The van der Waals surface area contributed by atoms with Crippen LogP contribution in [0.3, 0.4) is 0 Å². The minimum Gasteiger partial charge on any atom is -0.508 e. The van der Waals surface area contributed by atoms with Gasteiger partial charge in [-0.2, -0.15) is 0 Å². The van der Waals surface area contributed by atoms with E-state index in [1.165, 1.54) is 12.1 Å². The zero-order valence-corrected chi connectivity index (χ0v) is 11.2. The van der Waals surface area contributed by atoms with Crippen LogP contribution in [0.5, 0.6) is 11.5 Å². The molecule has 0 unspecified atom stereocenters. The fraction of sp³-hybridized carbons (Fsp3) is 0.133. The first kappa shape index (κ1) is 14.6. The zero-order chi connectivity index (χ0) is 15.2. The van der Waals surface area contributed by atoms with E-state index in [9.17, 15) is 14.3 Å². The number of nitrogens with one attached hydrogen (secondary N) is 1. The standard InChI is InChI=1S/C15H15FN2O3/c16-11-5-10(6-13(19)7-11)8-18-12-1-3-14(4-2-12)21-9-15(17)20/h1-7,18-19H,8-9H2,(H2,17,20). The van der Waals surface area contributed by atoms with Gasteiger partial charge in [0.15, 0.2) is 6.61 Å². The lowest BCUT2D eigenvalue weighted by Crippen LogP contribution is -2.19. The summed E-state index contributed by atoms with van der Waals surface area (Å²) in [4.78, 5) is 10.6. The fourth-order valence-electron chi connectivity index (χ4n) is 1.76. The Morgan fingerprint density at radius 1 is 1.24 bits per heavy atom. The summed E-state index contributed by atoms with van der Waals surface area (Å²) in [5, 5.41) is 12.4. The smallest absolute Gasteiger partial charge is 0.255 e. The average Bonchev–Trinajstić information content (AvgIpc) is 2.43. The number of anilines is 1. The van der Waals surface area contributed by atoms with Gasteiger partial charge >= 0.3 is 0 Å². The molecule has 0 aliphatic carbocycles. The summed E-state index contributed by atoms with van der Waals surface area (Å²) in [6.45, 7) is 0.197. The van der Waals surface area contributed by atoms with Crippen molar-refractivity contribution in [3.63, 3.8) is 0 Å². The molecule has 0 aliphatic heterocycles. The van der Waals surface area contributed by atoms with E-state index in [0.29, 0.717) is 17.9 Å². The van der Waals surface area contributed by atoms with Crippen LogP contribution in [0.4, 0.5) is 10.1 Å². The molecule has 0 bridgehead atoms. The topological polar surface area (TPSA) is 84.6 Å². The van der Waals surface area contributed by atoms with Crippen molar-refractivity contribution >= 4 is 11.6 Å². The molecule has 0 aromatic heterocycles. The van der Waals surface area contributed by atoms with Crippen molar-refractivity contribution in [2.45, 2.75) is 6.54 Å². The van der Waals surface area contributed by atoms with E-state index in [1.54, 1.807) is 24.3 Å². The molecule has 0 fully saturated rings. The highest BCUT2D eigenvalue weighted by Gasteiger charge is 2.01. The highest BCUT2D eigenvalue weighted by atomic mass is 19.1. The first-order valence-electron chi connectivity index (χ1n) is 6.26. The molecular formula is C15H15FN2O3. The van der Waals surface area contributed by atoms with Crippen LogP contribution >= 0.6 is 0 Å². The molecule has 5 nitrogen and oxygen atoms in total. The van der Waals surface area contributed by atoms with E-state index >= 15 is 0 Å². The Morgan fingerprint density at radius 3 is 2.57 bits per heavy atom. The number of phenolic OH excluding ortho intramolecular Hbond substituents is 1. The number of primary amides is 1. The van der Waals surface area contributed by atoms with Crippen molar-refractivity contribution in [3.8, 4) is 11.5 Å². The van der Waals surface area contributed by atoms with Crippen LogP contribution in [-0.2, 0) is 11.3 Å². The van der Waals surface area contributed by atoms with Crippen LogP contribution in [0.2, 0.25) is 0 Å². The second-order valence-electron chi connectivity index (χ2n) is 4.45.